The number of carbonyl (C=O) groups excluding carboxylic acids is 1. The Morgan fingerprint density at radius 3 is 2.64 bits per heavy atom. The van der Waals surface area contributed by atoms with Crippen molar-refractivity contribution in [2.75, 3.05) is 13.1 Å². The molecule has 0 radical (unpaired) electrons. The Balaban J connectivity index is 1.38. The molecule has 118 valence electrons. The largest absolute Gasteiger partial charge is 0.392 e. The monoisotopic (exact) mass is 302 g/mol. The molecule has 6 heteroatoms. The third-order valence-corrected chi connectivity index (χ3v) is 5.13. The highest BCUT2D eigenvalue weighted by Gasteiger charge is 2.59. The van der Waals surface area contributed by atoms with Crippen molar-refractivity contribution in [1.29, 1.82) is 0 Å². The Hall–Kier alpha value is -1.85. The molecule has 0 bridgehead atoms. The number of carbonyl (C=O) groups is 1. The van der Waals surface area contributed by atoms with Crippen LogP contribution in [0.3, 0.4) is 0 Å². The zero-order valence-corrected chi connectivity index (χ0v) is 13.3. The van der Waals surface area contributed by atoms with E-state index in [0.29, 0.717) is 29.5 Å². The maximum atomic E-state index is 12.5. The number of imidazole rings is 1. The van der Waals surface area contributed by atoms with Gasteiger partial charge in [-0.3, -0.25) is 4.79 Å². The van der Waals surface area contributed by atoms with Crippen molar-refractivity contribution in [3.63, 3.8) is 0 Å². The summed E-state index contributed by atoms with van der Waals surface area (Å²) in [7, 11) is 0. The van der Waals surface area contributed by atoms with E-state index in [0.717, 1.165) is 19.5 Å². The minimum absolute atomic E-state index is 0.0586. The Morgan fingerprint density at radius 1 is 1.36 bits per heavy atom. The maximum Gasteiger partial charge on any atom is 0.274 e. The number of piperidine rings is 1. The van der Waals surface area contributed by atoms with E-state index in [1.165, 1.54) is 5.71 Å². The Kier molecular flexibility index (Phi) is 3.03. The second-order valence-corrected chi connectivity index (χ2v) is 7.07. The van der Waals surface area contributed by atoms with Gasteiger partial charge < -0.3 is 14.3 Å². The topological polar surface area (TPSA) is 59.7 Å². The van der Waals surface area contributed by atoms with Gasteiger partial charge in [-0.15, -0.1) is 0 Å². The molecule has 2 unspecified atom stereocenters. The van der Waals surface area contributed by atoms with Crippen LogP contribution in [0.1, 0.15) is 43.7 Å². The number of oxime groups is 1. The number of hydrogen-bond donors (Lipinski definition) is 0. The van der Waals surface area contributed by atoms with Crippen molar-refractivity contribution in [2.45, 2.75) is 39.3 Å². The first-order valence-corrected chi connectivity index (χ1v) is 8.10. The fourth-order valence-electron chi connectivity index (χ4n) is 3.80. The third kappa shape index (κ3) is 2.12. The first-order valence-electron chi connectivity index (χ1n) is 8.10. The van der Waals surface area contributed by atoms with E-state index < -0.39 is 0 Å². The highest BCUT2D eigenvalue weighted by atomic mass is 16.6. The van der Waals surface area contributed by atoms with Gasteiger partial charge in [0.25, 0.3) is 5.91 Å². The highest BCUT2D eigenvalue weighted by molar-refractivity contribution is 5.94. The fourth-order valence-corrected chi connectivity index (χ4v) is 3.80. The van der Waals surface area contributed by atoms with Gasteiger partial charge in [0.2, 0.25) is 0 Å². The summed E-state index contributed by atoms with van der Waals surface area (Å²) in [6, 6.07) is 0.327. The molecule has 0 spiro atoms. The average Bonchev–Trinajstić information content (AvgIpc) is 2.97. The van der Waals surface area contributed by atoms with Gasteiger partial charge in [-0.1, -0.05) is 5.16 Å². The predicted molar refractivity (Wildman–Crippen MR) is 81.6 cm³/mol. The van der Waals surface area contributed by atoms with Crippen LogP contribution in [0, 0.1) is 17.8 Å². The van der Waals surface area contributed by atoms with Crippen LogP contribution in [-0.2, 0) is 4.84 Å². The van der Waals surface area contributed by atoms with Crippen molar-refractivity contribution >= 4 is 11.6 Å². The van der Waals surface area contributed by atoms with Crippen LogP contribution in [0.15, 0.2) is 17.7 Å². The first kappa shape index (κ1) is 13.8. The van der Waals surface area contributed by atoms with E-state index >= 15 is 0 Å². The lowest BCUT2D eigenvalue weighted by molar-refractivity contribution is 0.0766. The van der Waals surface area contributed by atoms with Gasteiger partial charge >= 0.3 is 0 Å². The summed E-state index contributed by atoms with van der Waals surface area (Å²) in [4.78, 5) is 24.0. The van der Waals surface area contributed by atoms with Gasteiger partial charge in [-0.25, -0.2) is 4.98 Å². The fraction of sp³-hybridized carbons (Fsp3) is 0.688. The van der Waals surface area contributed by atoms with Crippen LogP contribution in [0.2, 0.25) is 0 Å². The molecule has 0 N–H and O–H groups in total. The summed E-state index contributed by atoms with van der Waals surface area (Å²) in [5, 5.41) is 4.21. The van der Waals surface area contributed by atoms with Crippen LogP contribution < -0.4 is 0 Å². The van der Waals surface area contributed by atoms with Crippen LogP contribution in [0.25, 0.3) is 0 Å². The van der Waals surface area contributed by atoms with E-state index in [4.69, 9.17) is 4.84 Å². The molecule has 1 aromatic heterocycles. The Labute approximate surface area is 130 Å². The predicted octanol–water partition coefficient (Wildman–Crippen LogP) is 1.95. The smallest absolute Gasteiger partial charge is 0.274 e. The molecule has 3 heterocycles. The van der Waals surface area contributed by atoms with Crippen molar-refractivity contribution in [3.8, 4) is 0 Å². The van der Waals surface area contributed by atoms with Crippen LogP contribution in [0.5, 0.6) is 0 Å². The molecular weight excluding hydrogens is 280 g/mol. The van der Waals surface area contributed by atoms with Crippen molar-refractivity contribution in [3.05, 3.63) is 18.2 Å². The molecule has 2 fully saturated rings. The van der Waals surface area contributed by atoms with E-state index in [9.17, 15) is 4.79 Å². The highest BCUT2D eigenvalue weighted by Crippen LogP contribution is 2.53. The Morgan fingerprint density at radius 2 is 2.09 bits per heavy atom. The molecule has 1 aliphatic carbocycles. The minimum atomic E-state index is 0.0586. The minimum Gasteiger partial charge on any atom is -0.392 e. The molecule has 0 aromatic carbocycles. The van der Waals surface area contributed by atoms with Gasteiger partial charge in [-0.2, -0.15) is 0 Å². The maximum absolute atomic E-state index is 12.5. The number of likely N-dealkylation sites (tertiary alicyclic amines) is 1. The third-order valence-electron chi connectivity index (χ3n) is 5.13. The number of fused-ring (bicyclic) bond motifs is 1. The van der Waals surface area contributed by atoms with Crippen molar-refractivity contribution in [1.82, 2.24) is 14.5 Å². The first-order chi connectivity index (χ1) is 10.5. The average molecular weight is 302 g/mol. The number of nitrogens with zero attached hydrogens (tertiary/aromatic N) is 4. The number of rotatable bonds is 3. The lowest BCUT2D eigenvalue weighted by Gasteiger charge is -2.18. The second-order valence-electron chi connectivity index (χ2n) is 7.07. The van der Waals surface area contributed by atoms with E-state index in [1.807, 2.05) is 15.7 Å². The number of aromatic nitrogens is 2. The van der Waals surface area contributed by atoms with Gasteiger partial charge in [0, 0.05) is 37.7 Å². The van der Waals surface area contributed by atoms with Gasteiger partial charge in [-0.05, 0) is 32.6 Å². The molecule has 22 heavy (non-hydrogen) atoms. The standard InChI is InChI=1S/C16H22N4O2/c1-9(2)20-7-14(17-8-20)16(21)19-5-11-12(6-19)15(11)13-4-10(3)22-18-13/h7-12,15H,4-6H2,1-3H3/t10?,11-,12+,15?. The normalized spacial score (nSPS) is 32.9. The molecule has 4 atom stereocenters. The number of amides is 1. The van der Waals surface area contributed by atoms with Gasteiger partial charge in [0.05, 0.1) is 12.0 Å². The zero-order chi connectivity index (χ0) is 15.4. The van der Waals surface area contributed by atoms with E-state index in [-0.39, 0.29) is 12.0 Å². The van der Waals surface area contributed by atoms with Gasteiger partial charge in [0.15, 0.2) is 0 Å². The molecule has 1 saturated heterocycles. The molecule has 6 nitrogen and oxygen atoms in total. The van der Waals surface area contributed by atoms with Crippen LogP contribution in [0.4, 0.5) is 0 Å². The van der Waals surface area contributed by atoms with Crippen molar-refractivity contribution in [2.24, 2.45) is 22.9 Å². The van der Waals surface area contributed by atoms with E-state index in [2.05, 4.69) is 30.9 Å². The quantitative estimate of drug-likeness (QED) is 0.857. The molecular formula is C16H22N4O2. The van der Waals surface area contributed by atoms with Crippen LogP contribution in [-0.4, -0.2) is 45.3 Å². The van der Waals surface area contributed by atoms with Crippen molar-refractivity contribution < 1.29 is 9.63 Å². The molecule has 3 aliphatic rings. The van der Waals surface area contributed by atoms with Crippen LogP contribution >= 0.6 is 0 Å². The van der Waals surface area contributed by atoms with E-state index in [1.54, 1.807) is 6.33 Å². The summed E-state index contributed by atoms with van der Waals surface area (Å²) in [5.74, 6) is 1.75. The van der Waals surface area contributed by atoms with Gasteiger partial charge in [0.1, 0.15) is 11.8 Å². The molecule has 2 aliphatic heterocycles. The molecule has 1 amide bonds. The molecule has 4 rings (SSSR count). The summed E-state index contributed by atoms with van der Waals surface area (Å²) in [6.07, 6.45) is 4.76. The lowest BCUT2D eigenvalue weighted by atomic mass is 10.1. The SMILES string of the molecule is CC1CC(C2[C@H]3CN(C(=O)c4cn(C(C)C)cn4)C[C@@H]23)=NO1. The lowest BCUT2D eigenvalue weighted by Crippen LogP contribution is -2.32. The zero-order valence-electron chi connectivity index (χ0n) is 13.3. The summed E-state index contributed by atoms with van der Waals surface area (Å²) >= 11 is 0. The second kappa shape index (κ2) is 4.83. The Bertz CT molecular complexity index is 624. The molecule has 1 saturated carbocycles. The number of hydrogen-bond acceptors (Lipinski definition) is 4. The summed E-state index contributed by atoms with van der Waals surface area (Å²) < 4.78 is 1.97. The molecule has 1 aromatic rings. The summed E-state index contributed by atoms with van der Waals surface area (Å²) in [6.45, 7) is 7.87. The summed E-state index contributed by atoms with van der Waals surface area (Å²) in [5.41, 5.74) is 1.76.